The number of rotatable bonds is 16. The summed E-state index contributed by atoms with van der Waals surface area (Å²) in [5, 5.41) is 23.9. The minimum atomic E-state index is -4.39. The summed E-state index contributed by atoms with van der Waals surface area (Å²) in [5.74, 6) is -0.738. The number of benzene rings is 3. The summed E-state index contributed by atoms with van der Waals surface area (Å²) in [5.41, 5.74) is 2.36. The van der Waals surface area contributed by atoms with Gasteiger partial charge in [0.25, 0.3) is 21.6 Å². The highest BCUT2D eigenvalue weighted by Crippen LogP contribution is 2.30. The Morgan fingerprint density at radius 2 is 1.74 bits per heavy atom. The highest BCUT2D eigenvalue weighted by molar-refractivity contribution is 7.99. The minimum absolute atomic E-state index is 0.141. The van der Waals surface area contributed by atoms with Crippen LogP contribution in [0.15, 0.2) is 82.6 Å². The summed E-state index contributed by atoms with van der Waals surface area (Å²) in [4.78, 5) is 37.8. The van der Waals surface area contributed by atoms with Crippen molar-refractivity contribution in [3.63, 3.8) is 0 Å². The number of aryl methyl sites for hydroxylation is 1. The Hall–Kier alpha value is -3.98. The van der Waals surface area contributed by atoms with Crippen LogP contribution in [0.3, 0.4) is 0 Å². The van der Waals surface area contributed by atoms with E-state index in [4.69, 9.17) is 5.21 Å². The lowest BCUT2D eigenvalue weighted by Crippen LogP contribution is -2.31. The second-order valence-electron chi connectivity index (χ2n) is 9.93. The van der Waals surface area contributed by atoms with Crippen molar-refractivity contribution in [3.05, 3.63) is 94.0 Å². The molecule has 12 nitrogen and oxygen atoms in total. The zero-order chi connectivity index (χ0) is 31.4. The van der Waals surface area contributed by atoms with Gasteiger partial charge in [-0.2, -0.15) is 0 Å². The molecule has 0 aromatic heterocycles. The van der Waals surface area contributed by atoms with E-state index in [1.807, 2.05) is 53.9 Å². The average Bonchev–Trinajstić information content (AvgIpc) is 2.98. The van der Waals surface area contributed by atoms with Crippen LogP contribution in [-0.4, -0.2) is 67.2 Å². The molecule has 230 valence electrons. The van der Waals surface area contributed by atoms with E-state index in [0.717, 1.165) is 16.5 Å². The maximum absolute atomic E-state index is 13.0. The number of amides is 2. The van der Waals surface area contributed by atoms with Gasteiger partial charge in [-0.25, -0.2) is 18.6 Å². The lowest BCUT2D eigenvalue weighted by molar-refractivity contribution is -0.384. The van der Waals surface area contributed by atoms with Crippen LogP contribution < -0.4 is 15.5 Å². The lowest BCUT2D eigenvalue weighted by atomic mass is 10.1. The first-order chi connectivity index (χ1) is 20.5. The van der Waals surface area contributed by atoms with E-state index >= 15 is 0 Å². The van der Waals surface area contributed by atoms with Crippen molar-refractivity contribution in [2.24, 2.45) is 0 Å². The third-order valence-corrected chi connectivity index (χ3v) is 9.00. The second kappa shape index (κ2) is 16.0. The molecule has 0 unspecified atom stereocenters. The summed E-state index contributed by atoms with van der Waals surface area (Å²) in [6.07, 6.45) is 1.31. The smallest absolute Gasteiger partial charge is 0.293 e. The molecule has 3 aromatic carbocycles. The highest BCUT2D eigenvalue weighted by atomic mass is 32.2. The topological polar surface area (TPSA) is 171 Å². The van der Waals surface area contributed by atoms with Gasteiger partial charge in [0.15, 0.2) is 0 Å². The van der Waals surface area contributed by atoms with Crippen LogP contribution >= 0.6 is 11.8 Å². The van der Waals surface area contributed by atoms with Crippen LogP contribution in [0.1, 0.15) is 35.2 Å². The number of nitro groups is 1. The number of carbonyl (C=O) groups is 2. The van der Waals surface area contributed by atoms with Crippen molar-refractivity contribution in [1.29, 1.82) is 0 Å². The fraction of sp³-hybridized carbons (Fsp3) is 0.310. The molecule has 0 aliphatic rings. The molecule has 0 bridgehead atoms. The number of nitrogens with one attached hydrogen (secondary N) is 3. The molecule has 0 saturated carbocycles. The SMILES string of the molecule is Cc1ccc(C(=O)NS(=O)(=O)c2ccc(N[C@H](CCN(C)CCCC(=O)NO)CSc3ccccc3)c([N+](=O)[O-])c2)cc1. The number of hydroxylamine groups is 1. The summed E-state index contributed by atoms with van der Waals surface area (Å²) >= 11 is 1.58. The van der Waals surface area contributed by atoms with Gasteiger partial charge in [0, 0.05) is 34.7 Å². The second-order valence-corrected chi connectivity index (χ2v) is 12.7. The highest BCUT2D eigenvalue weighted by Gasteiger charge is 2.25. The Balaban J connectivity index is 1.76. The molecule has 0 radical (unpaired) electrons. The summed E-state index contributed by atoms with van der Waals surface area (Å²) in [6, 6.07) is 19.3. The Morgan fingerprint density at radius 1 is 1.05 bits per heavy atom. The summed E-state index contributed by atoms with van der Waals surface area (Å²) in [7, 11) is -2.50. The molecule has 0 heterocycles. The zero-order valence-corrected chi connectivity index (χ0v) is 25.5. The van der Waals surface area contributed by atoms with Gasteiger partial charge in [0.05, 0.1) is 9.82 Å². The summed E-state index contributed by atoms with van der Waals surface area (Å²) < 4.78 is 27.9. The molecule has 0 saturated heterocycles. The van der Waals surface area contributed by atoms with Crippen LogP contribution in [0.4, 0.5) is 11.4 Å². The van der Waals surface area contributed by atoms with Gasteiger partial charge in [0.1, 0.15) is 5.69 Å². The van der Waals surface area contributed by atoms with Crippen molar-refractivity contribution in [2.75, 3.05) is 31.2 Å². The molecule has 0 fully saturated rings. The molecule has 0 aliphatic carbocycles. The average molecular weight is 630 g/mol. The molecule has 14 heteroatoms. The number of thioether (sulfide) groups is 1. The van der Waals surface area contributed by atoms with Gasteiger partial charge >= 0.3 is 0 Å². The number of hydrogen-bond acceptors (Lipinski definition) is 10. The number of nitrogens with zero attached hydrogens (tertiary/aromatic N) is 2. The number of hydrogen-bond donors (Lipinski definition) is 4. The first-order valence-corrected chi connectivity index (χ1v) is 15.9. The molecule has 43 heavy (non-hydrogen) atoms. The Bertz CT molecular complexity index is 1500. The van der Waals surface area contributed by atoms with E-state index in [9.17, 15) is 28.1 Å². The molecule has 2 amide bonds. The van der Waals surface area contributed by atoms with Crippen LogP contribution in [-0.2, 0) is 14.8 Å². The van der Waals surface area contributed by atoms with Crippen LogP contribution in [0, 0.1) is 17.0 Å². The number of carbonyl (C=O) groups excluding carboxylic acids is 2. The predicted octanol–water partition coefficient (Wildman–Crippen LogP) is 4.20. The Labute approximate surface area is 255 Å². The van der Waals surface area contributed by atoms with Crippen molar-refractivity contribution in [3.8, 4) is 0 Å². The lowest BCUT2D eigenvalue weighted by Gasteiger charge is -2.23. The van der Waals surface area contributed by atoms with Crippen LogP contribution in [0.5, 0.6) is 0 Å². The van der Waals surface area contributed by atoms with E-state index in [-0.39, 0.29) is 23.7 Å². The van der Waals surface area contributed by atoms with Crippen molar-refractivity contribution < 1.29 is 28.1 Å². The normalized spacial score (nSPS) is 12.0. The number of nitro benzene ring substituents is 1. The Morgan fingerprint density at radius 3 is 2.40 bits per heavy atom. The van der Waals surface area contributed by atoms with E-state index < -0.39 is 37.3 Å². The zero-order valence-electron chi connectivity index (χ0n) is 23.9. The van der Waals surface area contributed by atoms with Gasteiger partial charge in [0.2, 0.25) is 5.91 Å². The Kier molecular flexibility index (Phi) is 12.5. The predicted molar refractivity (Wildman–Crippen MR) is 165 cm³/mol. The van der Waals surface area contributed by atoms with Gasteiger partial charge in [-0.05, 0) is 76.3 Å². The summed E-state index contributed by atoms with van der Waals surface area (Å²) in [6.45, 7) is 3.05. The maximum atomic E-state index is 13.0. The van der Waals surface area contributed by atoms with Crippen LogP contribution in [0.2, 0.25) is 0 Å². The standard InChI is InChI=1S/C29H35N5O7S2/c1-21-10-12-22(13-11-21)29(36)32-43(40,41)25-14-15-26(27(19-25)34(38)39)30-23(20-42-24-7-4-3-5-8-24)16-18-33(2)17-6-9-28(35)31-37/h3-5,7-8,10-15,19,23,30,37H,6,9,16-18,20H2,1-2H3,(H,31,35)(H,32,36)/t23-/m1/s1. The molecule has 4 N–H and O–H groups in total. The molecular weight excluding hydrogens is 594 g/mol. The van der Waals surface area contributed by atoms with E-state index in [1.54, 1.807) is 29.4 Å². The fourth-order valence-corrected chi connectivity index (χ4v) is 6.07. The number of sulfonamides is 1. The van der Waals surface area contributed by atoms with Crippen molar-refractivity contribution >= 4 is 45.0 Å². The number of anilines is 1. The largest absolute Gasteiger partial charge is 0.376 e. The maximum Gasteiger partial charge on any atom is 0.293 e. The van der Waals surface area contributed by atoms with E-state index in [2.05, 4.69) is 5.32 Å². The molecule has 3 rings (SSSR count). The molecule has 0 aliphatic heterocycles. The van der Waals surface area contributed by atoms with Crippen molar-refractivity contribution in [1.82, 2.24) is 15.1 Å². The third-order valence-electron chi connectivity index (χ3n) is 6.50. The monoisotopic (exact) mass is 629 g/mol. The molecule has 1 atom stereocenters. The first kappa shape index (κ1) is 33.5. The third kappa shape index (κ3) is 10.7. The van der Waals surface area contributed by atoms with Gasteiger partial charge < -0.3 is 10.2 Å². The van der Waals surface area contributed by atoms with Gasteiger partial charge in [-0.1, -0.05) is 35.9 Å². The van der Waals surface area contributed by atoms with E-state index in [0.29, 0.717) is 31.7 Å². The molecule has 3 aromatic rings. The van der Waals surface area contributed by atoms with Gasteiger partial charge in [-0.15, -0.1) is 11.8 Å². The quantitative estimate of drug-likeness (QED) is 0.0779. The van der Waals surface area contributed by atoms with Crippen molar-refractivity contribution in [2.45, 2.75) is 42.0 Å². The first-order valence-electron chi connectivity index (χ1n) is 13.5. The van der Waals surface area contributed by atoms with Crippen LogP contribution in [0.25, 0.3) is 0 Å². The molecular formula is C29H35N5O7S2. The minimum Gasteiger partial charge on any atom is -0.376 e. The van der Waals surface area contributed by atoms with E-state index in [1.165, 1.54) is 24.3 Å². The fourth-order valence-electron chi connectivity index (χ4n) is 4.08. The molecule has 0 spiro atoms. The van der Waals surface area contributed by atoms with Gasteiger partial charge in [-0.3, -0.25) is 24.9 Å².